The van der Waals surface area contributed by atoms with Gasteiger partial charge in [0.1, 0.15) is 0 Å². The summed E-state index contributed by atoms with van der Waals surface area (Å²) in [7, 11) is 0. The molecule has 5 rings (SSSR count). The van der Waals surface area contributed by atoms with E-state index in [2.05, 4.69) is 98.3 Å². The predicted octanol–water partition coefficient (Wildman–Crippen LogP) is 8.01. The Morgan fingerprint density at radius 2 is 0.935 bits per heavy atom. The minimum Gasteiger partial charge on any atom is -0.358 e. The lowest BCUT2D eigenvalue weighted by Crippen LogP contribution is -1.92. The number of aromatic nitrogens is 2. The van der Waals surface area contributed by atoms with Gasteiger partial charge < -0.3 is 9.97 Å². The Morgan fingerprint density at radius 3 is 1.32 bits per heavy atom. The van der Waals surface area contributed by atoms with E-state index in [4.69, 9.17) is 0 Å². The van der Waals surface area contributed by atoms with Crippen LogP contribution >= 0.6 is 0 Å². The van der Waals surface area contributed by atoms with Gasteiger partial charge in [0.2, 0.25) is 0 Å². The summed E-state index contributed by atoms with van der Waals surface area (Å²) in [5.74, 6) is 0. The third-order valence-electron chi connectivity index (χ3n) is 6.82. The largest absolute Gasteiger partial charge is 0.358 e. The highest BCUT2D eigenvalue weighted by molar-refractivity contribution is 5.98. The minimum absolute atomic E-state index is 1.15. The lowest BCUT2D eigenvalue weighted by molar-refractivity contribution is 0.939. The molecule has 1 aliphatic rings. The number of H-pyrrole nitrogens is 2. The minimum atomic E-state index is 1.15. The molecule has 2 heterocycles. The van der Waals surface area contributed by atoms with E-state index in [-0.39, 0.29) is 0 Å². The summed E-state index contributed by atoms with van der Waals surface area (Å²) in [6, 6.07) is 21.4. The quantitative estimate of drug-likeness (QED) is 0.344. The van der Waals surface area contributed by atoms with E-state index in [0.717, 1.165) is 12.8 Å². The first-order chi connectivity index (χ1) is 15.1. The van der Waals surface area contributed by atoms with Crippen molar-refractivity contribution in [1.29, 1.82) is 0 Å². The van der Waals surface area contributed by atoms with Crippen LogP contribution in [-0.4, -0.2) is 9.97 Å². The number of hydrogen-bond acceptors (Lipinski definition) is 0. The average molecular weight is 407 g/mol. The van der Waals surface area contributed by atoms with Crippen LogP contribution in [0.4, 0.5) is 0 Å². The Kier molecular flexibility index (Phi) is 4.94. The molecule has 0 aliphatic heterocycles. The van der Waals surface area contributed by atoms with Crippen LogP contribution in [0.1, 0.15) is 52.9 Å². The Morgan fingerprint density at radius 1 is 0.548 bits per heavy atom. The Hall–Kier alpha value is -3.26. The molecule has 2 heteroatoms. The van der Waals surface area contributed by atoms with Gasteiger partial charge in [0.25, 0.3) is 0 Å². The Bertz CT molecular complexity index is 1170. The van der Waals surface area contributed by atoms with Gasteiger partial charge in [-0.15, -0.1) is 0 Å². The highest BCUT2D eigenvalue weighted by Crippen LogP contribution is 2.46. The fourth-order valence-electron chi connectivity index (χ4n) is 5.49. The van der Waals surface area contributed by atoms with Gasteiger partial charge in [-0.25, -0.2) is 0 Å². The summed E-state index contributed by atoms with van der Waals surface area (Å²) in [5.41, 5.74) is 16.2. The number of aryl methyl sites for hydroxylation is 2. The number of allylic oxidation sites excluding steroid dienone is 2. The zero-order chi connectivity index (χ0) is 21.5. The molecule has 0 radical (unpaired) electrons. The molecule has 2 aromatic carbocycles. The molecular weight excluding hydrogens is 376 g/mol. The molecule has 0 saturated heterocycles. The van der Waals surface area contributed by atoms with E-state index in [1.807, 2.05) is 0 Å². The van der Waals surface area contributed by atoms with Crippen LogP contribution in [0.2, 0.25) is 0 Å². The predicted molar refractivity (Wildman–Crippen MR) is 132 cm³/mol. The third kappa shape index (κ3) is 3.27. The molecule has 0 fully saturated rings. The van der Waals surface area contributed by atoms with E-state index in [0.29, 0.717) is 0 Å². The van der Waals surface area contributed by atoms with Crippen molar-refractivity contribution in [3.05, 3.63) is 94.3 Å². The van der Waals surface area contributed by atoms with Gasteiger partial charge in [0.15, 0.2) is 0 Å². The van der Waals surface area contributed by atoms with Gasteiger partial charge in [-0.3, -0.25) is 0 Å². The maximum Gasteiger partial charge on any atom is 0.0491 e. The molecule has 0 saturated carbocycles. The molecule has 156 valence electrons. The summed E-state index contributed by atoms with van der Waals surface area (Å²) in [5, 5.41) is 0. The second-order valence-corrected chi connectivity index (χ2v) is 8.79. The normalized spacial score (nSPS) is 13.9. The summed E-state index contributed by atoms with van der Waals surface area (Å²) in [6.07, 6.45) is 3.52. The zero-order valence-electron chi connectivity index (χ0n) is 18.9. The molecule has 2 N–H and O–H groups in total. The molecule has 0 amide bonds. The molecule has 0 unspecified atom stereocenters. The first-order valence-corrected chi connectivity index (χ1v) is 11.3. The van der Waals surface area contributed by atoms with E-state index >= 15 is 0 Å². The van der Waals surface area contributed by atoms with E-state index < -0.39 is 0 Å². The van der Waals surface area contributed by atoms with Crippen molar-refractivity contribution in [2.45, 2.75) is 47.0 Å². The molecular formula is C29H30N2. The topological polar surface area (TPSA) is 31.6 Å². The first kappa shape index (κ1) is 19.7. The second kappa shape index (κ2) is 7.77. The Labute approximate surface area is 185 Å². The van der Waals surface area contributed by atoms with E-state index in [1.165, 1.54) is 73.7 Å². The molecule has 0 bridgehead atoms. The van der Waals surface area contributed by atoms with Gasteiger partial charge in [-0.05, 0) is 80.4 Å². The van der Waals surface area contributed by atoms with Gasteiger partial charge in [0, 0.05) is 33.9 Å². The van der Waals surface area contributed by atoms with Gasteiger partial charge >= 0.3 is 0 Å². The smallest absolute Gasteiger partial charge is 0.0491 e. The van der Waals surface area contributed by atoms with Crippen molar-refractivity contribution in [3.63, 3.8) is 0 Å². The number of aromatic amines is 2. The molecule has 0 spiro atoms. The van der Waals surface area contributed by atoms with Gasteiger partial charge in [0.05, 0.1) is 0 Å². The monoisotopic (exact) mass is 406 g/mol. The number of rotatable bonds is 4. The van der Waals surface area contributed by atoms with Crippen LogP contribution in [-0.2, 0) is 0 Å². The van der Waals surface area contributed by atoms with E-state index in [9.17, 15) is 0 Å². The van der Waals surface area contributed by atoms with Crippen molar-refractivity contribution >= 4 is 11.1 Å². The maximum absolute atomic E-state index is 3.70. The third-order valence-corrected chi connectivity index (χ3v) is 6.82. The summed E-state index contributed by atoms with van der Waals surface area (Å²) in [4.78, 5) is 7.39. The lowest BCUT2D eigenvalue weighted by Gasteiger charge is -2.11. The fourth-order valence-corrected chi connectivity index (χ4v) is 5.49. The molecule has 1 aliphatic carbocycles. The summed E-state index contributed by atoms with van der Waals surface area (Å²) < 4.78 is 0. The molecule has 31 heavy (non-hydrogen) atoms. The number of hydrogen-bond donors (Lipinski definition) is 2. The first-order valence-electron chi connectivity index (χ1n) is 11.3. The number of nitrogens with one attached hydrogen (secondary N) is 2. The second-order valence-electron chi connectivity index (χ2n) is 8.79. The lowest BCUT2D eigenvalue weighted by atomic mass is 9.91. The van der Waals surface area contributed by atoms with E-state index in [1.54, 1.807) is 0 Å². The van der Waals surface area contributed by atoms with Crippen LogP contribution in [0, 0.1) is 27.7 Å². The highest BCUT2D eigenvalue weighted by Gasteiger charge is 2.26. The number of benzene rings is 2. The van der Waals surface area contributed by atoms with Crippen LogP contribution in [0.25, 0.3) is 33.7 Å². The van der Waals surface area contributed by atoms with Crippen LogP contribution in [0.3, 0.4) is 0 Å². The van der Waals surface area contributed by atoms with Crippen LogP contribution < -0.4 is 0 Å². The maximum atomic E-state index is 3.70. The fraction of sp³-hybridized carbons (Fsp3) is 0.241. The van der Waals surface area contributed by atoms with Crippen molar-refractivity contribution < 1.29 is 0 Å². The molecule has 2 aromatic heterocycles. The molecule has 2 nitrogen and oxygen atoms in total. The standard InChI is InChI=1S/C29H30N2/c1-18-26(20(3)30-28(18)22-12-7-5-8-13-22)24-16-11-17-25(24)27-19(2)29(31-21(27)4)23-14-9-6-10-15-23/h5-10,12-15,30-31H,11,16-17H2,1-4H3. The van der Waals surface area contributed by atoms with Gasteiger partial charge in [-0.2, -0.15) is 0 Å². The average Bonchev–Trinajstić information content (AvgIpc) is 3.45. The van der Waals surface area contributed by atoms with Crippen molar-refractivity contribution in [2.24, 2.45) is 0 Å². The van der Waals surface area contributed by atoms with Crippen molar-refractivity contribution in [2.75, 3.05) is 0 Å². The zero-order valence-corrected chi connectivity index (χ0v) is 18.9. The Balaban J connectivity index is 1.66. The van der Waals surface area contributed by atoms with Crippen molar-refractivity contribution in [1.82, 2.24) is 9.97 Å². The molecule has 4 aromatic rings. The van der Waals surface area contributed by atoms with Crippen LogP contribution in [0.15, 0.2) is 60.7 Å². The van der Waals surface area contributed by atoms with Crippen molar-refractivity contribution in [3.8, 4) is 22.5 Å². The summed E-state index contributed by atoms with van der Waals surface area (Å²) >= 11 is 0. The SMILES string of the molecule is Cc1[nH]c(-c2ccccc2)c(C)c1C1=C(c2c(C)[nH]c(-c3ccccc3)c2C)CCC1. The highest BCUT2D eigenvalue weighted by atomic mass is 14.7. The summed E-state index contributed by atoms with van der Waals surface area (Å²) in [6.45, 7) is 9.00. The molecule has 0 atom stereocenters. The van der Waals surface area contributed by atoms with Crippen LogP contribution in [0.5, 0.6) is 0 Å². The van der Waals surface area contributed by atoms with Gasteiger partial charge in [-0.1, -0.05) is 60.7 Å².